The largest absolute Gasteiger partial charge is 0.297 e. The fourth-order valence-electron chi connectivity index (χ4n) is 1.06. The van der Waals surface area contributed by atoms with Crippen molar-refractivity contribution in [3.8, 4) is 0 Å². The molecule has 0 atom stereocenters. The van der Waals surface area contributed by atoms with E-state index in [9.17, 15) is 4.79 Å². The van der Waals surface area contributed by atoms with E-state index in [1.807, 2.05) is 12.3 Å². The minimum absolute atomic E-state index is 0.225. The highest BCUT2D eigenvalue weighted by Crippen LogP contribution is 2.15. The number of hydrogen-bond donors (Lipinski definition) is 1. The summed E-state index contributed by atoms with van der Waals surface area (Å²) in [5.74, 6) is -0.225. The second-order valence-electron chi connectivity index (χ2n) is 3.09. The number of anilines is 1. The standard InChI is InChI=1S/C10H10N4OS2/c1-2-9-13-14-10(17-9)12-8(15)4-3-7-5-16-6-11-7/h3-6H,2H2,1H3,(H,12,14,15)/b4-3-. The van der Waals surface area contributed by atoms with Crippen LogP contribution in [0.25, 0.3) is 6.08 Å². The summed E-state index contributed by atoms with van der Waals surface area (Å²) in [4.78, 5) is 15.6. The van der Waals surface area contributed by atoms with Crippen molar-refractivity contribution in [3.05, 3.63) is 27.7 Å². The molecule has 0 fully saturated rings. The third-order valence-electron chi connectivity index (χ3n) is 1.86. The third-order valence-corrected chi connectivity index (χ3v) is 3.44. The van der Waals surface area contributed by atoms with Crippen LogP contribution in [0.1, 0.15) is 17.6 Å². The van der Waals surface area contributed by atoms with Crippen molar-refractivity contribution in [2.45, 2.75) is 13.3 Å². The zero-order valence-corrected chi connectivity index (χ0v) is 10.7. The number of amides is 1. The van der Waals surface area contributed by atoms with Gasteiger partial charge in [-0.1, -0.05) is 18.3 Å². The molecule has 0 aliphatic rings. The molecule has 2 heterocycles. The number of aromatic nitrogens is 3. The normalized spacial score (nSPS) is 10.9. The van der Waals surface area contributed by atoms with Gasteiger partial charge in [0.05, 0.1) is 11.2 Å². The molecular weight excluding hydrogens is 256 g/mol. The number of aryl methyl sites for hydroxylation is 1. The van der Waals surface area contributed by atoms with Crippen LogP contribution in [0.2, 0.25) is 0 Å². The first-order chi connectivity index (χ1) is 8.28. The Morgan fingerprint density at radius 2 is 2.41 bits per heavy atom. The van der Waals surface area contributed by atoms with Gasteiger partial charge in [0, 0.05) is 11.5 Å². The van der Waals surface area contributed by atoms with Gasteiger partial charge < -0.3 is 0 Å². The molecular formula is C10H10N4OS2. The number of rotatable bonds is 4. The molecule has 0 aromatic carbocycles. The summed E-state index contributed by atoms with van der Waals surface area (Å²) in [6.07, 6.45) is 3.91. The van der Waals surface area contributed by atoms with Crippen LogP contribution in [-0.2, 0) is 11.2 Å². The quantitative estimate of drug-likeness (QED) is 0.861. The second-order valence-corrected chi connectivity index (χ2v) is 4.87. The van der Waals surface area contributed by atoms with Crippen molar-refractivity contribution >= 4 is 39.8 Å². The topological polar surface area (TPSA) is 67.8 Å². The molecule has 17 heavy (non-hydrogen) atoms. The fraction of sp³-hybridized carbons (Fsp3) is 0.200. The summed E-state index contributed by atoms with van der Waals surface area (Å²) < 4.78 is 0. The average molecular weight is 266 g/mol. The summed E-state index contributed by atoms with van der Waals surface area (Å²) in [5.41, 5.74) is 2.49. The Morgan fingerprint density at radius 3 is 3.06 bits per heavy atom. The van der Waals surface area contributed by atoms with Crippen molar-refractivity contribution in [2.24, 2.45) is 0 Å². The number of carbonyl (C=O) groups is 1. The fourth-order valence-corrected chi connectivity index (χ4v) is 2.26. The SMILES string of the molecule is CCc1nnc(NC(=O)/C=C\c2cscn2)s1. The van der Waals surface area contributed by atoms with Gasteiger partial charge in [0.25, 0.3) is 0 Å². The first-order valence-corrected chi connectivity index (χ1v) is 6.73. The van der Waals surface area contributed by atoms with Crippen LogP contribution in [0, 0.1) is 0 Å². The molecule has 0 saturated heterocycles. The Bertz CT molecular complexity index is 518. The molecule has 2 aromatic rings. The van der Waals surface area contributed by atoms with Gasteiger partial charge in [-0.25, -0.2) is 4.98 Å². The maximum absolute atomic E-state index is 11.5. The van der Waals surface area contributed by atoms with Crippen molar-refractivity contribution in [1.29, 1.82) is 0 Å². The zero-order valence-electron chi connectivity index (χ0n) is 9.08. The van der Waals surface area contributed by atoms with Crippen LogP contribution in [0.15, 0.2) is 17.0 Å². The van der Waals surface area contributed by atoms with Crippen LogP contribution >= 0.6 is 22.7 Å². The Labute approximate surface area is 106 Å². The molecule has 0 spiro atoms. The Balaban J connectivity index is 1.93. The van der Waals surface area contributed by atoms with Crippen molar-refractivity contribution in [2.75, 3.05) is 5.32 Å². The van der Waals surface area contributed by atoms with Crippen molar-refractivity contribution in [1.82, 2.24) is 15.2 Å². The van der Waals surface area contributed by atoms with E-state index >= 15 is 0 Å². The number of thiazole rings is 1. The molecule has 1 amide bonds. The first-order valence-electron chi connectivity index (χ1n) is 4.97. The van der Waals surface area contributed by atoms with E-state index in [2.05, 4.69) is 20.5 Å². The highest BCUT2D eigenvalue weighted by atomic mass is 32.1. The predicted molar refractivity (Wildman–Crippen MR) is 69.1 cm³/mol. The monoisotopic (exact) mass is 266 g/mol. The molecule has 0 radical (unpaired) electrons. The predicted octanol–water partition coefficient (Wildman–Crippen LogP) is 2.21. The van der Waals surface area contributed by atoms with Gasteiger partial charge in [-0.05, 0) is 12.5 Å². The molecule has 5 nitrogen and oxygen atoms in total. The zero-order chi connectivity index (χ0) is 12.1. The van der Waals surface area contributed by atoms with Gasteiger partial charge in [-0.3, -0.25) is 10.1 Å². The maximum atomic E-state index is 11.5. The van der Waals surface area contributed by atoms with Crippen LogP contribution in [0.3, 0.4) is 0 Å². The Kier molecular flexibility index (Phi) is 3.94. The summed E-state index contributed by atoms with van der Waals surface area (Å²) in [7, 11) is 0. The molecule has 0 bridgehead atoms. The summed E-state index contributed by atoms with van der Waals surface area (Å²) in [6.45, 7) is 1.99. The van der Waals surface area contributed by atoms with Gasteiger partial charge in [-0.15, -0.1) is 21.5 Å². The molecule has 1 N–H and O–H groups in total. The molecule has 7 heteroatoms. The van der Waals surface area contributed by atoms with Crippen molar-refractivity contribution < 1.29 is 4.79 Å². The second kappa shape index (κ2) is 5.65. The molecule has 0 saturated carbocycles. The van der Waals surface area contributed by atoms with Gasteiger partial charge in [0.15, 0.2) is 0 Å². The van der Waals surface area contributed by atoms with Crippen LogP contribution in [0.5, 0.6) is 0 Å². The lowest BCUT2D eigenvalue weighted by Crippen LogP contribution is -2.07. The number of nitrogens with zero attached hydrogens (tertiary/aromatic N) is 3. The molecule has 2 rings (SSSR count). The molecule has 0 aliphatic heterocycles. The number of hydrogen-bond acceptors (Lipinski definition) is 6. The Hall–Kier alpha value is -1.60. The molecule has 0 aliphatic carbocycles. The van der Waals surface area contributed by atoms with Crippen LogP contribution in [0.4, 0.5) is 5.13 Å². The minimum atomic E-state index is -0.225. The van der Waals surface area contributed by atoms with Crippen molar-refractivity contribution in [3.63, 3.8) is 0 Å². The van der Waals surface area contributed by atoms with Crippen LogP contribution < -0.4 is 5.32 Å². The smallest absolute Gasteiger partial charge is 0.250 e. The number of carbonyl (C=O) groups excluding carboxylic acids is 1. The highest BCUT2D eigenvalue weighted by Gasteiger charge is 2.04. The average Bonchev–Trinajstić information content (AvgIpc) is 2.97. The van der Waals surface area contributed by atoms with E-state index in [1.54, 1.807) is 11.6 Å². The highest BCUT2D eigenvalue weighted by molar-refractivity contribution is 7.15. The first kappa shape index (κ1) is 11.9. The lowest BCUT2D eigenvalue weighted by Gasteiger charge is -1.93. The van der Waals surface area contributed by atoms with Crippen LogP contribution in [-0.4, -0.2) is 21.1 Å². The maximum Gasteiger partial charge on any atom is 0.250 e. The van der Waals surface area contributed by atoms with E-state index in [1.165, 1.54) is 28.7 Å². The van der Waals surface area contributed by atoms with E-state index < -0.39 is 0 Å². The summed E-state index contributed by atoms with van der Waals surface area (Å²) in [5, 5.41) is 13.7. The van der Waals surface area contributed by atoms with Gasteiger partial charge in [0.1, 0.15) is 5.01 Å². The Morgan fingerprint density at radius 1 is 1.53 bits per heavy atom. The summed E-state index contributed by atoms with van der Waals surface area (Å²) in [6, 6.07) is 0. The van der Waals surface area contributed by atoms with E-state index in [-0.39, 0.29) is 5.91 Å². The van der Waals surface area contributed by atoms with E-state index in [0.717, 1.165) is 17.1 Å². The van der Waals surface area contributed by atoms with E-state index in [0.29, 0.717) is 5.13 Å². The molecule has 0 unspecified atom stereocenters. The lowest BCUT2D eigenvalue weighted by atomic mass is 10.4. The lowest BCUT2D eigenvalue weighted by molar-refractivity contribution is -0.111. The summed E-state index contributed by atoms with van der Waals surface area (Å²) >= 11 is 2.87. The van der Waals surface area contributed by atoms with Gasteiger partial charge >= 0.3 is 0 Å². The molecule has 2 aromatic heterocycles. The van der Waals surface area contributed by atoms with Gasteiger partial charge in [0.2, 0.25) is 11.0 Å². The minimum Gasteiger partial charge on any atom is -0.297 e. The molecule has 88 valence electrons. The number of nitrogens with one attached hydrogen (secondary N) is 1. The third kappa shape index (κ3) is 3.43. The van der Waals surface area contributed by atoms with Gasteiger partial charge in [-0.2, -0.15) is 0 Å². The van der Waals surface area contributed by atoms with E-state index in [4.69, 9.17) is 0 Å².